The van der Waals surface area contributed by atoms with E-state index in [2.05, 4.69) is 44.8 Å². The molecule has 1 rings (SSSR count). The fourth-order valence-electron chi connectivity index (χ4n) is 2.03. The Morgan fingerprint density at radius 1 is 1.22 bits per heavy atom. The van der Waals surface area contributed by atoms with Crippen molar-refractivity contribution in [3.63, 3.8) is 0 Å². The smallest absolute Gasteiger partial charge is 0.0587 e. The summed E-state index contributed by atoms with van der Waals surface area (Å²) in [6.07, 6.45) is 1.96. The van der Waals surface area contributed by atoms with Gasteiger partial charge in [-0.2, -0.15) is 0 Å². The zero-order valence-electron chi connectivity index (χ0n) is 11.6. The second-order valence-corrected chi connectivity index (χ2v) is 5.18. The maximum atomic E-state index is 9.46. The molecule has 1 aromatic rings. The first-order chi connectivity index (χ1) is 8.60. The average molecular weight is 247 g/mol. The maximum Gasteiger partial charge on any atom is 0.0587 e. The van der Waals surface area contributed by atoms with Gasteiger partial charge in [0.2, 0.25) is 0 Å². The van der Waals surface area contributed by atoms with Gasteiger partial charge in [0.15, 0.2) is 0 Å². The molecule has 0 aromatic heterocycles. The highest BCUT2D eigenvalue weighted by molar-refractivity contribution is 5.21. The number of benzene rings is 1. The minimum atomic E-state index is 0.109. The summed E-state index contributed by atoms with van der Waals surface area (Å²) in [7, 11) is 0. The molecule has 1 aromatic carbocycles. The number of aliphatic hydroxyl groups excluding tert-OH is 1. The third-order valence-electron chi connectivity index (χ3n) is 3.45. The van der Waals surface area contributed by atoms with Crippen molar-refractivity contribution >= 4 is 0 Å². The van der Waals surface area contributed by atoms with Gasteiger partial charge in [-0.25, -0.2) is 0 Å². The van der Waals surface area contributed by atoms with E-state index in [1.165, 1.54) is 5.56 Å². The summed E-state index contributed by atoms with van der Waals surface area (Å²) in [5, 5.41) is 13.0. The molecule has 0 spiro atoms. The fourth-order valence-corrected chi connectivity index (χ4v) is 2.03. The zero-order valence-corrected chi connectivity index (χ0v) is 11.6. The molecular formula is C16H25NO. The van der Waals surface area contributed by atoms with Gasteiger partial charge in [-0.1, -0.05) is 57.2 Å². The quantitative estimate of drug-likeness (QED) is 0.725. The Morgan fingerprint density at radius 2 is 1.83 bits per heavy atom. The van der Waals surface area contributed by atoms with Crippen LogP contribution in [0.4, 0.5) is 0 Å². The van der Waals surface area contributed by atoms with Crippen molar-refractivity contribution in [2.24, 2.45) is 11.8 Å². The molecule has 0 amide bonds. The van der Waals surface area contributed by atoms with Gasteiger partial charge in [-0.3, -0.25) is 0 Å². The monoisotopic (exact) mass is 247 g/mol. The van der Waals surface area contributed by atoms with Crippen molar-refractivity contribution in [2.45, 2.75) is 32.9 Å². The lowest BCUT2D eigenvalue weighted by Gasteiger charge is -2.30. The number of rotatable bonds is 7. The molecule has 0 aliphatic rings. The van der Waals surface area contributed by atoms with E-state index in [1.54, 1.807) is 0 Å². The second-order valence-electron chi connectivity index (χ2n) is 5.18. The molecule has 0 bridgehead atoms. The highest BCUT2D eigenvalue weighted by Gasteiger charge is 2.22. The Morgan fingerprint density at radius 3 is 2.28 bits per heavy atom. The molecule has 0 unspecified atom stereocenters. The molecule has 2 nitrogen and oxygen atoms in total. The largest absolute Gasteiger partial charge is 0.395 e. The molecule has 2 N–H and O–H groups in total. The van der Waals surface area contributed by atoms with E-state index >= 15 is 0 Å². The van der Waals surface area contributed by atoms with E-state index in [0.29, 0.717) is 11.8 Å². The van der Waals surface area contributed by atoms with Crippen LogP contribution < -0.4 is 5.32 Å². The summed E-state index contributed by atoms with van der Waals surface area (Å²) in [5.41, 5.74) is 1.24. The van der Waals surface area contributed by atoms with Crippen LogP contribution >= 0.6 is 0 Å². The predicted octanol–water partition coefficient (Wildman–Crippen LogP) is 3.16. The second kappa shape index (κ2) is 7.34. The van der Waals surface area contributed by atoms with E-state index < -0.39 is 0 Å². The molecule has 0 saturated heterocycles. The van der Waals surface area contributed by atoms with Gasteiger partial charge in [-0.15, -0.1) is 6.58 Å². The molecule has 0 heterocycles. The van der Waals surface area contributed by atoms with Crippen molar-refractivity contribution < 1.29 is 5.11 Å². The molecule has 0 saturated carbocycles. The molecule has 3 atom stereocenters. The predicted molar refractivity (Wildman–Crippen MR) is 77.4 cm³/mol. The first-order valence-corrected chi connectivity index (χ1v) is 6.64. The molecule has 2 heteroatoms. The lowest BCUT2D eigenvalue weighted by Crippen LogP contribution is -2.41. The van der Waals surface area contributed by atoms with Gasteiger partial charge in [0.1, 0.15) is 0 Å². The van der Waals surface area contributed by atoms with Crippen LogP contribution in [0.5, 0.6) is 0 Å². The number of hydrogen-bond donors (Lipinski definition) is 2. The van der Waals surface area contributed by atoms with Crippen LogP contribution in [0.3, 0.4) is 0 Å². The minimum Gasteiger partial charge on any atom is -0.395 e. The van der Waals surface area contributed by atoms with Crippen LogP contribution in [0, 0.1) is 11.8 Å². The van der Waals surface area contributed by atoms with E-state index in [-0.39, 0.29) is 18.7 Å². The Balaban J connectivity index is 2.89. The lowest BCUT2D eigenvalue weighted by molar-refractivity contribution is 0.191. The zero-order chi connectivity index (χ0) is 13.5. The topological polar surface area (TPSA) is 32.3 Å². The Hall–Kier alpha value is -1.12. The van der Waals surface area contributed by atoms with E-state index in [4.69, 9.17) is 0 Å². The van der Waals surface area contributed by atoms with Crippen molar-refractivity contribution in [1.82, 2.24) is 5.32 Å². The van der Waals surface area contributed by atoms with Gasteiger partial charge < -0.3 is 10.4 Å². The van der Waals surface area contributed by atoms with Crippen LogP contribution in [0.15, 0.2) is 43.0 Å². The van der Waals surface area contributed by atoms with Crippen LogP contribution in [0.25, 0.3) is 0 Å². The van der Waals surface area contributed by atoms with Crippen LogP contribution in [-0.2, 0) is 0 Å². The molecule has 100 valence electrons. The minimum absolute atomic E-state index is 0.109. The van der Waals surface area contributed by atoms with Crippen molar-refractivity contribution in [2.75, 3.05) is 6.61 Å². The number of hydrogen-bond acceptors (Lipinski definition) is 2. The van der Waals surface area contributed by atoms with Gasteiger partial charge in [-0.05, 0) is 17.4 Å². The van der Waals surface area contributed by atoms with Gasteiger partial charge in [0, 0.05) is 12.1 Å². The highest BCUT2D eigenvalue weighted by Crippen LogP contribution is 2.24. The molecular weight excluding hydrogens is 222 g/mol. The first-order valence-electron chi connectivity index (χ1n) is 6.64. The van der Waals surface area contributed by atoms with Crippen molar-refractivity contribution in [3.05, 3.63) is 48.6 Å². The summed E-state index contributed by atoms with van der Waals surface area (Å²) in [4.78, 5) is 0. The van der Waals surface area contributed by atoms with Gasteiger partial charge in [0.25, 0.3) is 0 Å². The van der Waals surface area contributed by atoms with E-state index in [1.807, 2.05) is 24.3 Å². The molecule has 0 fully saturated rings. The lowest BCUT2D eigenvalue weighted by atomic mass is 9.92. The summed E-state index contributed by atoms with van der Waals surface area (Å²) < 4.78 is 0. The summed E-state index contributed by atoms with van der Waals surface area (Å²) in [6, 6.07) is 10.6. The fraction of sp³-hybridized carbons (Fsp3) is 0.500. The standard InChI is InChI=1S/C16H25NO/c1-5-13(4)16(14-9-7-6-8-10-14)17-15(11-18)12(2)3/h5-10,12-13,15-18H,1,11H2,2-4H3/t13-,15+,16-/m0/s1. The van der Waals surface area contributed by atoms with Gasteiger partial charge >= 0.3 is 0 Å². The Kier molecular flexibility index (Phi) is 6.10. The third-order valence-corrected chi connectivity index (χ3v) is 3.45. The van der Waals surface area contributed by atoms with Crippen molar-refractivity contribution in [3.8, 4) is 0 Å². The summed E-state index contributed by atoms with van der Waals surface area (Å²) >= 11 is 0. The summed E-state index contributed by atoms with van der Waals surface area (Å²) in [6.45, 7) is 10.4. The molecule has 0 aliphatic heterocycles. The van der Waals surface area contributed by atoms with E-state index in [0.717, 1.165) is 0 Å². The van der Waals surface area contributed by atoms with Crippen LogP contribution in [0.1, 0.15) is 32.4 Å². The Labute approximate surface area is 111 Å². The third kappa shape index (κ3) is 3.97. The number of aliphatic hydroxyl groups is 1. The first kappa shape index (κ1) is 14.9. The van der Waals surface area contributed by atoms with E-state index in [9.17, 15) is 5.11 Å². The average Bonchev–Trinajstić information content (AvgIpc) is 2.39. The Bertz CT molecular complexity index is 347. The number of nitrogens with one attached hydrogen (secondary N) is 1. The molecule has 18 heavy (non-hydrogen) atoms. The molecule has 0 aliphatic carbocycles. The van der Waals surface area contributed by atoms with Crippen LogP contribution in [0.2, 0.25) is 0 Å². The van der Waals surface area contributed by atoms with Crippen molar-refractivity contribution in [1.29, 1.82) is 0 Å². The highest BCUT2D eigenvalue weighted by atomic mass is 16.3. The normalized spacial score (nSPS) is 16.3. The SMILES string of the molecule is C=C[C@H](C)[C@H](N[C@H](CO)C(C)C)c1ccccc1. The van der Waals surface area contributed by atoms with Gasteiger partial charge in [0.05, 0.1) is 6.61 Å². The van der Waals surface area contributed by atoms with Crippen LogP contribution in [-0.4, -0.2) is 17.8 Å². The maximum absolute atomic E-state index is 9.46. The summed E-state index contributed by atoms with van der Waals surface area (Å²) in [5.74, 6) is 0.721. The molecule has 0 radical (unpaired) electrons.